The van der Waals surface area contributed by atoms with Crippen LogP contribution in [0.15, 0.2) is 30.3 Å². The van der Waals surface area contributed by atoms with Gasteiger partial charge in [0, 0.05) is 12.2 Å². The summed E-state index contributed by atoms with van der Waals surface area (Å²) in [5.74, 6) is 0.214. The number of nitrogens with zero attached hydrogens (tertiary/aromatic N) is 2. The Kier molecular flexibility index (Phi) is 6.19. The van der Waals surface area contributed by atoms with Crippen LogP contribution in [0.4, 0.5) is 5.69 Å². The van der Waals surface area contributed by atoms with Gasteiger partial charge in [0.25, 0.3) is 0 Å². The maximum Gasteiger partial charge on any atom is 0.238 e. The minimum Gasteiger partial charge on any atom is -0.312 e. The van der Waals surface area contributed by atoms with Crippen LogP contribution < -0.4 is 4.90 Å². The lowest BCUT2D eigenvalue weighted by Crippen LogP contribution is -2.33. The van der Waals surface area contributed by atoms with Gasteiger partial charge < -0.3 is 4.90 Å². The van der Waals surface area contributed by atoms with Crippen molar-refractivity contribution in [3.8, 4) is 5.40 Å². The third-order valence-electron chi connectivity index (χ3n) is 2.36. The Morgan fingerprint density at radius 3 is 2.71 bits per heavy atom. The molecule has 0 bridgehead atoms. The third-order valence-corrected chi connectivity index (χ3v) is 2.88. The SMILES string of the molecule is CCCCN(C(=O)CSC#N)c1ccccc1. The number of amides is 1. The van der Waals surface area contributed by atoms with Crippen molar-refractivity contribution in [3.63, 3.8) is 0 Å². The lowest BCUT2D eigenvalue weighted by molar-refractivity contribution is -0.116. The normalized spacial score (nSPS) is 9.65. The molecule has 17 heavy (non-hydrogen) atoms. The number of nitriles is 1. The lowest BCUT2D eigenvalue weighted by Gasteiger charge is -2.22. The van der Waals surface area contributed by atoms with Gasteiger partial charge in [-0.15, -0.1) is 0 Å². The van der Waals surface area contributed by atoms with E-state index < -0.39 is 0 Å². The molecule has 0 saturated heterocycles. The zero-order valence-electron chi connectivity index (χ0n) is 9.93. The first-order valence-electron chi connectivity index (χ1n) is 5.66. The molecule has 4 heteroatoms. The molecule has 0 fully saturated rings. The molecule has 1 rings (SSSR count). The van der Waals surface area contributed by atoms with E-state index >= 15 is 0 Å². The standard InChI is InChI=1S/C13H16N2OS/c1-2-3-9-15(13(16)10-17-11-14)12-7-5-4-6-8-12/h4-8H,2-3,9-10H2,1H3. The number of hydrogen-bond acceptors (Lipinski definition) is 3. The van der Waals surface area contributed by atoms with Crippen molar-refractivity contribution in [2.45, 2.75) is 19.8 Å². The molecule has 1 aromatic rings. The van der Waals surface area contributed by atoms with Crippen LogP contribution >= 0.6 is 11.8 Å². The van der Waals surface area contributed by atoms with Gasteiger partial charge >= 0.3 is 0 Å². The van der Waals surface area contributed by atoms with Crippen LogP contribution in [0.2, 0.25) is 0 Å². The van der Waals surface area contributed by atoms with Crippen molar-refractivity contribution < 1.29 is 4.79 Å². The van der Waals surface area contributed by atoms with E-state index in [2.05, 4.69) is 6.92 Å². The Labute approximate surface area is 106 Å². The van der Waals surface area contributed by atoms with Gasteiger partial charge in [-0.25, -0.2) is 0 Å². The van der Waals surface area contributed by atoms with Gasteiger partial charge in [0.15, 0.2) is 0 Å². The average molecular weight is 248 g/mol. The molecule has 0 unspecified atom stereocenters. The highest BCUT2D eigenvalue weighted by Gasteiger charge is 2.14. The fraction of sp³-hybridized carbons (Fsp3) is 0.385. The highest BCUT2D eigenvalue weighted by atomic mass is 32.2. The van der Waals surface area contributed by atoms with Gasteiger partial charge in [-0.05, 0) is 30.3 Å². The van der Waals surface area contributed by atoms with Crippen LogP contribution in [0.1, 0.15) is 19.8 Å². The van der Waals surface area contributed by atoms with E-state index in [0.717, 1.165) is 30.3 Å². The molecule has 90 valence electrons. The van der Waals surface area contributed by atoms with Gasteiger partial charge in [0.2, 0.25) is 5.91 Å². The van der Waals surface area contributed by atoms with E-state index in [9.17, 15) is 4.79 Å². The molecule has 0 N–H and O–H groups in total. The second-order valence-electron chi connectivity index (χ2n) is 3.61. The molecule has 0 atom stereocenters. The lowest BCUT2D eigenvalue weighted by atomic mass is 10.2. The number of unbranched alkanes of at least 4 members (excludes halogenated alkanes) is 1. The number of hydrogen-bond donors (Lipinski definition) is 0. The fourth-order valence-corrected chi connectivity index (χ4v) is 1.84. The van der Waals surface area contributed by atoms with Crippen molar-refractivity contribution >= 4 is 23.4 Å². The van der Waals surface area contributed by atoms with Gasteiger partial charge in [-0.1, -0.05) is 31.5 Å². The summed E-state index contributed by atoms with van der Waals surface area (Å²) in [6, 6.07) is 9.60. The molecular formula is C13H16N2OS. The molecule has 1 aromatic carbocycles. The van der Waals surface area contributed by atoms with Gasteiger partial charge in [-0.3, -0.25) is 4.79 Å². The summed E-state index contributed by atoms with van der Waals surface area (Å²) in [4.78, 5) is 13.7. The summed E-state index contributed by atoms with van der Waals surface area (Å²) in [5.41, 5.74) is 0.907. The number of carbonyl (C=O) groups is 1. The number of thiocyanates is 1. The van der Waals surface area contributed by atoms with Gasteiger partial charge in [-0.2, -0.15) is 5.26 Å². The van der Waals surface area contributed by atoms with E-state index in [1.54, 1.807) is 4.90 Å². The highest BCUT2D eigenvalue weighted by Crippen LogP contribution is 2.15. The Hall–Kier alpha value is -1.47. The third kappa shape index (κ3) is 4.49. The summed E-state index contributed by atoms with van der Waals surface area (Å²) in [6.07, 6.45) is 2.01. The van der Waals surface area contributed by atoms with Crippen LogP contribution in [0, 0.1) is 10.7 Å². The minimum absolute atomic E-state index is 0.00352. The Balaban J connectivity index is 2.74. The maximum absolute atomic E-state index is 12.0. The quantitative estimate of drug-likeness (QED) is 0.727. The molecule has 0 radical (unpaired) electrons. The van der Waals surface area contributed by atoms with Crippen molar-refractivity contribution in [2.24, 2.45) is 0 Å². The average Bonchev–Trinajstić information content (AvgIpc) is 2.38. The monoisotopic (exact) mass is 248 g/mol. The molecule has 0 spiro atoms. The molecule has 3 nitrogen and oxygen atoms in total. The van der Waals surface area contributed by atoms with Crippen molar-refractivity contribution in [1.82, 2.24) is 0 Å². The summed E-state index contributed by atoms with van der Waals surface area (Å²) in [6.45, 7) is 2.81. The second-order valence-corrected chi connectivity index (χ2v) is 4.37. The van der Waals surface area contributed by atoms with Gasteiger partial charge in [0.05, 0.1) is 5.75 Å². The Morgan fingerprint density at radius 2 is 2.12 bits per heavy atom. The molecule has 0 aliphatic carbocycles. The van der Waals surface area contributed by atoms with Crippen molar-refractivity contribution in [1.29, 1.82) is 5.26 Å². The number of para-hydroxylation sites is 1. The van der Waals surface area contributed by atoms with E-state index in [-0.39, 0.29) is 11.7 Å². The summed E-state index contributed by atoms with van der Waals surface area (Å²) in [7, 11) is 0. The van der Waals surface area contributed by atoms with Crippen LogP contribution in [-0.4, -0.2) is 18.2 Å². The second kappa shape index (κ2) is 7.75. The van der Waals surface area contributed by atoms with E-state index in [1.165, 1.54) is 0 Å². The van der Waals surface area contributed by atoms with Crippen LogP contribution in [0.3, 0.4) is 0 Å². The molecule has 0 aromatic heterocycles. The van der Waals surface area contributed by atoms with Crippen LogP contribution in [0.25, 0.3) is 0 Å². The topological polar surface area (TPSA) is 44.1 Å². The van der Waals surface area contributed by atoms with Crippen LogP contribution in [0.5, 0.6) is 0 Å². The molecule has 0 heterocycles. The largest absolute Gasteiger partial charge is 0.312 e. The van der Waals surface area contributed by atoms with Crippen molar-refractivity contribution in [3.05, 3.63) is 30.3 Å². The molecule has 0 aliphatic rings. The first-order chi connectivity index (χ1) is 8.29. The number of thioether (sulfide) groups is 1. The summed E-state index contributed by atoms with van der Waals surface area (Å²) >= 11 is 0.987. The number of rotatable bonds is 6. The van der Waals surface area contributed by atoms with E-state index in [0.29, 0.717) is 6.54 Å². The minimum atomic E-state index is -0.00352. The zero-order chi connectivity index (χ0) is 12.5. The first kappa shape index (κ1) is 13.6. The predicted octanol–water partition coefficient (Wildman–Crippen LogP) is 3.03. The van der Waals surface area contributed by atoms with Crippen LogP contribution in [-0.2, 0) is 4.79 Å². The highest BCUT2D eigenvalue weighted by molar-refractivity contribution is 8.04. The molecule has 0 aliphatic heterocycles. The number of carbonyl (C=O) groups excluding carboxylic acids is 1. The summed E-state index contributed by atoms with van der Waals surface area (Å²) < 4.78 is 0. The Morgan fingerprint density at radius 1 is 1.41 bits per heavy atom. The number of anilines is 1. The fourth-order valence-electron chi connectivity index (χ4n) is 1.49. The molecule has 1 amide bonds. The first-order valence-corrected chi connectivity index (χ1v) is 6.64. The summed E-state index contributed by atoms with van der Waals surface area (Å²) in [5, 5.41) is 10.4. The Bertz CT molecular complexity index is 386. The zero-order valence-corrected chi connectivity index (χ0v) is 10.7. The number of benzene rings is 1. The maximum atomic E-state index is 12.0. The molecule has 0 saturated carbocycles. The predicted molar refractivity (Wildman–Crippen MR) is 71.8 cm³/mol. The van der Waals surface area contributed by atoms with E-state index in [1.807, 2.05) is 35.7 Å². The smallest absolute Gasteiger partial charge is 0.238 e. The van der Waals surface area contributed by atoms with Crippen molar-refractivity contribution in [2.75, 3.05) is 17.2 Å². The van der Waals surface area contributed by atoms with E-state index in [4.69, 9.17) is 5.26 Å². The van der Waals surface area contributed by atoms with Gasteiger partial charge in [0.1, 0.15) is 5.40 Å². The molecular weight excluding hydrogens is 232 g/mol.